The number of aliphatic hydroxyl groups is 1. The van der Waals surface area contributed by atoms with E-state index in [9.17, 15) is 5.11 Å². The third-order valence-electron chi connectivity index (χ3n) is 4.27. The average molecular weight is 291 g/mol. The minimum Gasteiger partial charge on any atom is -0.396 e. The lowest BCUT2D eigenvalue weighted by Gasteiger charge is -2.26. The van der Waals surface area contributed by atoms with Gasteiger partial charge in [-0.1, -0.05) is 66.7 Å². The first kappa shape index (κ1) is 14.8. The quantitative estimate of drug-likeness (QED) is 0.748. The van der Waals surface area contributed by atoms with Gasteiger partial charge in [-0.15, -0.1) is 0 Å². The van der Waals surface area contributed by atoms with Crippen LogP contribution in [-0.2, 0) is 0 Å². The molecule has 0 saturated carbocycles. The summed E-state index contributed by atoms with van der Waals surface area (Å²) in [5, 5.41) is 15.8. The maximum atomic E-state index is 9.92. The lowest BCUT2D eigenvalue weighted by atomic mass is 9.87. The predicted molar refractivity (Wildman–Crippen MR) is 92.0 cm³/mol. The molecule has 112 valence electrons. The molecule has 2 nitrogen and oxygen atoms in total. The van der Waals surface area contributed by atoms with Crippen molar-refractivity contribution in [3.8, 4) is 0 Å². The molecule has 0 spiro atoms. The fourth-order valence-electron chi connectivity index (χ4n) is 3.10. The lowest BCUT2D eigenvalue weighted by molar-refractivity contribution is 0.239. The number of aliphatic hydroxyl groups excluding tert-OH is 1. The van der Waals surface area contributed by atoms with E-state index in [1.165, 1.54) is 16.3 Å². The zero-order valence-electron chi connectivity index (χ0n) is 12.7. The van der Waals surface area contributed by atoms with Crippen LogP contribution in [0.3, 0.4) is 0 Å². The monoisotopic (exact) mass is 291 g/mol. The first-order chi connectivity index (χ1) is 10.8. The molecule has 0 aromatic heterocycles. The van der Waals surface area contributed by atoms with Gasteiger partial charge < -0.3 is 10.4 Å². The van der Waals surface area contributed by atoms with Crippen LogP contribution >= 0.6 is 0 Å². The first-order valence-electron chi connectivity index (χ1n) is 7.65. The summed E-state index contributed by atoms with van der Waals surface area (Å²) in [6.07, 6.45) is 0. The second-order valence-electron chi connectivity index (χ2n) is 5.57. The average Bonchev–Trinajstić information content (AvgIpc) is 2.60. The van der Waals surface area contributed by atoms with Crippen molar-refractivity contribution in [2.24, 2.45) is 0 Å². The fraction of sp³-hybridized carbons (Fsp3) is 0.200. The van der Waals surface area contributed by atoms with Gasteiger partial charge >= 0.3 is 0 Å². The van der Waals surface area contributed by atoms with Crippen LogP contribution in [0.2, 0.25) is 0 Å². The molecule has 0 aliphatic carbocycles. The van der Waals surface area contributed by atoms with E-state index in [4.69, 9.17) is 0 Å². The van der Waals surface area contributed by atoms with Gasteiger partial charge in [0.05, 0.1) is 6.61 Å². The van der Waals surface area contributed by atoms with Gasteiger partial charge in [0.15, 0.2) is 0 Å². The molecule has 0 radical (unpaired) electrons. The molecule has 2 atom stereocenters. The van der Waals surface area contributed by atoms with Gasteiger partial charge in [0, 0.05) is 12.0 Å². The third kappa shape index (κ3) is 2.89. The topological polar surface area (TPSA) is 32.3 Å². The normalized spacial score (nSPS) is 13.9. The Morgan fingerprint density at radius 2 is 1.50 bits per heavy atom. The van der Waals surface area contributed by atoms with Crippen LogP contribution in [0.15, 0.2) is 72.8 Å². The second kappa shape index (κ2) is 6.73. The van der Waals surface area contributed by atoms with Crippen molar-refractivity contribution >= 4 is 10.8 Å². The van der Waals surface area contributed by atoms with Crippen LogP contribution in [0.1, 0.15) is 23.1 Å². The standard InChI is InChI=1S/C20H21NO/c1-21-20(19(14-22)16-8-3-2-4-9-16)18-12-11-15-7-5-6-10-17(15)13-18/h2-13,19-22H,14H2,1H3/t19-,20?/m0/s1. The molecule has 1 unspecified atom stereocenters. The Morgan fingerprint density at radius 1 is 0.818 bits per heavy atom. The number of benzene rings is 3. The zero-order valence-corrected chi connectivity index (χ0v) is 12.7. The SMILES string of the molecule is CNC(c1ccc2ccccc2c1)[C@@H](CO)c1ccccc1. The van der Waals surface area contributed by atoms with E-state index >= 15 is 0 Å². The van der Waals surface area contributed by atoms with Crippen molar-refractivity contribution in [2.75, 3.05) is 13.7 Å². The Bertz CT molecular complexity index is 739. The number of fused-ring (bicyclic) bond motifs is 1. The van der Waals surface area contributed by atoms with Gasteiger partial charge in [0.1, 0.15) is 0 Å². The maximum absolute atomic E-state index is 9.92. The highest BCUT2D eigenvalue weighted by Gasteiger charge is 2.22. The summed E-state index contributed by atoms with van der Waals surface area (Å²) in [7, 11) is 1.95. The molecule has 0 heterocycles. The number of hydrogen-bond acceptors (Lipinski definition) is 2. The van der Waals surface area contributed by atoms with Gasteiger partial charge in [0.25, 0.3) is 0 Å². The number of nitrogens with one attached hydrogen (secondary N) is 1. The van der Waals surface area contributed by atoms with Crippen LogP contribution in [0.25, 0.3) is 10.8 Å². The third-order valence-corrected chi connectivity index (χ3v) is 4.27. The Hall–Kier alpha value is -2.16. The smallest absolute Gasteiger partial charge is 0.0518 e. The molecule has 0 aliphatic heterocycles. The number of likely N-dealkylation sites (N-methyl/N-ethyl adjacent to an activating group) is 1. The van der Waals surface area contributed by atoms with Gasteiger partial charge in [-0.2, -0.15) is 0 Å². The first-order valence-corrected chi connectivity index (χ1v) is 7.65. The number of hydrogen-bond donors (Lipinski definition) is 2. The van der Waals surface area contributed by atoms with E-state index in [1.807, 2.05) is 25.2 Å². The fourth-order valence-corrected chi connectivity index (χ4v) is 3.10. The summed E-state index contributed by atoms with van der Waals surface area (Å²) in [5.41, 5.74) is 2.35. The maximum Gasteiger partial charge on any atom is 0.0518 e. The van der Waals surface area contributed by atoms with E-state index in [1.54, 1.807) is 0 Å². The molecule has 3 aromatic carbocycles. The van der Waals surface area contributed by atoms with Crippen LogP contribution in [-0.4, -0.2) is 18.8 Å². The minimum absolute atomic E-state index is 0.0346. The lowest BCUT2D eigenvalue weighted by Crippen LogP contribution is -2.26. The Balaban J connectivity index is 2.00. The molecule has 0 aliphatic rings. The Labute approximate surface area is 131 Å². The molecule has 2 heteroatoms. The van der Waals surface area contributed by atoms with Crippen molar-refractivity contribution in [3.63, 3.8) is 0 Å². The second-order valence-corrected chi connectivity index (χ2v) is 5.57. The van der Waals surface area contributed by atoms with Crippen molar-refractivity contribution in [1.82, 2.24) is 5.32 Å². The van der Waals surface area contributed by atoms with E-state index in [-0.39, 0.29) is 18.6 Å². The summed E-state index contributed by atoms with van der Waals surface area (Å²) in [4.78, 5) is 0. The van der Waals surface area contributed by atoms with Crippen molar-refractivity contribution in [3.05, 3.63) is 83.9 Å². The summed E-state index contributed by atoms with van der Waals surface area (Å²) in [6, 6.07) is 25.1. The summed E-state index contributed by atoms with van der Waals surface area (Å²) >= 11 is 0. The largest absolute Gasteiger partial charge is 0.396 e. The van der Waals surface area contributed by atoms with E-state index in [0.29, 0.717) is 0 Å². The molecule has 0 amide bonds. The van der Waals surface area contributed by atoms with Gasteiger partial charge in [-0.25, -0.2) is 0 Å². The van der Waals surface area contributed by atoms with Crippen LogP contribution in [0, 0.1) is 0 Å². The van der Waals surface area contributed by atoms with Gasteiger partial charge in [0.2, 0.25) is 0 Å². The molecule has 3 rings (SSSR count). The van der Waals surface area contributed by atoms with Crippen molar-refractivity contribution in [2.45, 2.75) is 12.0 Å². The molecule has 0 bridgehead atoms. The molecular formula is C20H21NO. The molecule has 3 aromatic rings. The van der Waals surface area contributed by atoms with E-state index in [0.717, 1.165) is 5.56 Å². The van der Waals surface area contributed by atoms with Crippen LogP contribution < -0.4 is 5.32 Å². The summed E-state index contributed by atoms with van der Waals surface area (Å²) < 4.78 is 0. The highest BCUT2D eigenvalue weighted by atomic mass is 16.3. The summed E-state index contributed by atoms with van der Waals surface area (Å²) in [5.74, 6) is 0.0346. The Morgan fingerprint density at radius 3 is 2.18 bits per heavy atom. The highest BCUT2D eigenvalue weighted by molar-refractivity contribution is 5.83. The molecule has 22 heavy (non-hydrogen) atoms. The highest BCUT2D eigenvalue weighted by Crippen LogP contribution is 2.31. The molecule has 2 N–H and O–H groups in total. The summed E-state index contributed by atoms with van der Waals surface area (Å²) in [6.45, 7) is 0.113. The number of rotatable bonds is 5. The van der Waals surface area contributed by atoms with Crippen molar-refractivity contribution < 1.29 is 5.11 Å². The van der Waals surface area contributed by atoms with Crippen LogP contribution in [0.4, 0.5) is 0 Å². The van der Waals surface area contributed by atoms with Gasteiger partial charge in [-0.05, 0) is 35.0 Å². The van der Waals surface area contributed by atoms with Gasteiger partial charge in [-0.3, -0.25) is 0 Å². The van der Waals surface area contributed by atoms with Crippen molar-refractivity contribution in [1.29, 1.82) is 0 Å². The Kier molecular flexibility index (Phi) is 4.52. The van der Waals surface area contributed by atoms with E-state index in [2.05, 4.69) is 59.9 Å². The predicted octanol–water partition coefficient (Wildman–Crippen LogP) is 3.88. The molecule has 0 fully saturated rings. The van der Waals surface area contributed by atoms with E-state index < -0.39 is 0 Å². The molecule has 0 saturated heterocycles. The molecular weight excluding hydrogens is 270 g/mol. The van der Waals surface area contributed by atoms with Crippen LogP contribution in [0.5, 0.6) is 0 Å². The zero-order chi connectivity index (χ0) is 15.4. The minimum atomic E-state index is 0.0346.